The zero-order valence-electron chi connectivity index (χ0n) is 16.0. The number of rotatable bonds is 7. The molecule has 2 atom stereocenters. The van der Waals surface area contributed by atoms with E-state index in [2.05, 4.69) is 5.09 Å². The fraction of sp³-hybridized carbons (Fsp3) is 0.450. The molecule has 2 aromatic rings. The summed E-state index contributed by atoms with van der Waals surface area (Å²) < 4.78 is 29.4. The van der Waals surface area contributed by atoms with Crippen LogP contribution in [0.25, 0.3) is 10.8 Å². The van der Waals surface area contributed by atoms with Crippen molar-refractivity contribution in [2.75, 3.05) is 13.2 Å². The number of carbonyl (C=O) groups excluding carboxylic acids is 1. The van der Waals surface area contributed by atoms with Gasteiger partial charge in [0.2, 0.25) is 0 Å². The Morgan fingerprint density at radius 1 is 1.18 bits per heavy atom. The Labute approximate surface area is 169 Å². The van der Waals surface area contributed by atoms with Gasteiger partial charge in [-0.3, -0.25) is 4.79 Å². The molecule has 152 valence electrons. The topological polar surface area (TPSA) is 73.9 Å². The van der Waals surface area contributed by atoms with Gasteiger partial charge in [0, 0.05) is 29.5 Å². The lowest BCUT2D eigenvalue weighted by Gasteiger charge is -2.28. The van der Waals surface area contributed by atoms with E-state index in [0.29, 0.717) is 31.8 Å². The minimum absolute atomic E-state index is 0.185. The molecule has 2 aromatic carbocycles. The molecule has 0 bridgehead atoms. The summed E-state index contributed by atoms with van der Waals surface area (Å²) in [6.45, 7) is 0.954. The van der Waals surface area contributed by atoms with Gasteiger partial charge in [-0.25, -0.2) is 9.65 Å². The minimum atomic E-state index is -3.84. The first kappa shape index (κ1) is 21.1. The Kier molecular flexibility index (Phi) is 7.00. The van der Waals surface area contributed by atoms with Crippen LogP contribution in [0.3, 0.4) is 0 Å². The van der Waals surface area contributed by atoms with Crippen molar-refractivity contribution in [3.63, 3.8) is 0 Å². The molecule has 1 saturated heterocycles. The van der Waals surface area contributed by atoms with Gasteiger partial charge in [-0.05, 0) is 17.4 Å². The molecular formula is C20H25ClNO5P. The van der Waals surface area contributed by atoms with Crippen LogP contribution >= 0.6 is 18.1 Å². The fourth-order valence-electron chi connectivity index (χ4n) is 3.10. The SMILES string of the molecule is CC(C)[C@H](NP(=O)(Cl)Oc1cccc2ccccc12)C(=O)OC1CCOCC1. The molecule has 1 heterocycles. The normalized spacial score (nSPS) is 18.6. The van der Waals surface area contributed by atoms with Crippen molar-refractivity contribution >= 4 is 34.9 Å². The lowest BCUT2D eigenvalue weighted by Crippen LogP contribution is -2.42. The summed E-state index contributed by atoms with van der Waals surface area (Å²) in [5.74, 6) is -0.274. The first-order chi connectivity index (χ1) is 13.4. The van der Waals surface area contributed by atoms with Gasteiger partial charge < -0.3 is 14.0 Å². The number of esters is 1. The van der Waals surface area contributed by atoms with E-state index in [1.165, 1.54) is 0 Å². The van der Waals surface area contributed by atoms with Crippen LogP contribution in [0.4, 0.5) is 0 Å². The molecule has 28 heavy (non-hydrogen) atoms. The maximum Gasteiger partial charge on any atom is 0.409 e. The van der Waals surface area contributed by atoms with Crippen molar-refractivity contribution in [1.29, 1.82) is 0 Å². The molecule has 0 aromatic heterocycles. The standard InChI is InChI=1S/C20H25ClNO5P/c1-14(2)19(20(23)26-16-10-12-25-13-11-16)22-28(21,24)27-18-9-5-7-15-6-3-4-8-17(15)18/h3-9,14,16,19H,10-13H2,1-2H3,(H,22,24)/t19-,28?/m0/s1. The number of hydrogen-bond donors (Lipinski definition) is 1. The highest BCUT2D eigenvalue weighted by atomic mass is 35.7. The van der Waals surface area contributed by atoms with Crippen LogP contribution in [-0.2, 0) is 18.8 Å². The number of benzene rings is 2. The summed E-state index contributed by atoms with van der Waals surface area (Å²) in [7, 11) is 0. The van der Waals surface area contributed by atoms with Crippen LogP contribution in [0.15, 0.2) is 42.5 Å². The van der Waals surface area contributed by atoms with Gasteiger partial charge in [0.15, 0.2) is 0 Å². The van der Waals surface area contributed by atoms with Crippen LogP contribution in [0.2, 0.25) is 0 Å². The molecule has 3 rings (SSSR count). The van der Waals surface area contributed by atoms with Crippen molar-refractivity contribution in [2.45, 2.75) is 38.8 Å². The highest BCUT2D eigenvalue weighted by Gasteiger charge is 2.34. The van der Waals surface area contributed by atoms with E-state index in [9.17, 15) is 9.36 Å². The Balaban J connectivity index is 1.72. The number of carbonyl (C=O) groups is 1. The van der Waals surface area contributed by atoms with E-state index < -0.39 is 18.9 Å². The molecule has 1 aliphatic heterocycles. The summed E-state index contributed by atoms with van der Waals surface area (Å²) in [5, 5.41) is 4.42. The molecule has 1 unspecified atom stereocenters. The van der Waals surface area contributed by atoms with Crippen molar-refractivity contribution in [1.82, 2.24) is 5.09 Å². The molecule has 1 N–H and O–H groups in total. The molecule has 1 aliphatic rings. The Bertz CT molecular complexity index is 863. The number of ether oxygens (including phenoxy) is 2. The summed E-state index contributed by atoms with van der Waals surface area (Å²) >= 11 is 6.19. The van der Waals surface area contributed by atoms with Crippen molar-refractivity contribution in [3.8, 4) is 5.75 Å². The fourth-order valence-corrected chi connectivity index (χ4v) is 4.84. The lowest BCUT2D eigenvalue weighted by atomic mass is 10.1. The van der Waals surface area contributed by atoms with Crippen LogP contribution in [0.5, 0.6) is 5.75 Å². The van der Waals surface area contributed by atoms with E-state index >= 15 is 0 Å². The zero-order valence-corrected chi connectivity index (χ0v) is 17.6. The van der Waals surface area contributed by atoms with E-state index in [4.69, 9.17) is 25.2 Å². The number of nitrogens with one attached hydrogen (secondary N) is 1. The Hall–Kier alpha value is -1.59. The molecule has 8 heteroatoms. The molecular weight excluding hydrogens is 401 g/mol. The smallest absolute Gasteiger partial charge is 0.409 e. The molecule has 0 radical (unpaired) electrons. The van der Waals surface area contributed by atoms with Crippen LogP contribution in [0.1, 0.15) is 26.7 Å². The number of halogens is 1. The third-order valence-electron chi connectivity index (χ3n) is 4.63. The summed E-state index contributed by atoms with van der Waals surface area (Å²) in [4.78, 5) is 12.6. The van der Waals surface area contributed by atoms with Crippen molar-refractivity contribution in [3.05, 3.63) is 42.5 Å². The second kappa shape index (κ2) is 9.27. The van der Waals surface area contributed by atoms with Gasteiger partial charge in [-0.1, -0.05) is 50.2 Å². The van der Waals surface area contributed by atoms with Gasteiger partial charge in [0.25, 0.3) is 0 Å². The maximum atomic E-state index is 12.9. The molecule has 0 aliphatic carbocycles. The summed E-state index contributed by atoms with van der Waals surface area (Å²) in [6.07, 6.45) is 1.11. The largest absolute Gasteiger partial charge is 0.461 e. The Morgan fingerprint density at radius 3 is 2.57 bits per heavy atom. The second-order valence-corrected chi connectivity index (χ2v) is 9.88. The first-order valence-corrected chi connectivity index (χ1v) is 11.9. The van der Waals surface area contributed by atoms with E-state index in [1.54, 1.807) is 12.1 Å². The van der Waals surface area contributed by atoms with Gasteiger partial charge in [-0.2, -0.15) is 0 Å². The molecule has 0 saturated carbocycles. The summed E-state index contributed by atoms with van der Waals surface area (Å²) in [5.41, 5.74) is 0. The minimum Gasteiger partial charge on any atom is -0.461 e. The third kappa shape index (κ3) is 5.48. The predicted octanol–water partition coefficient (Wildman–Crippen LogP) is 4.90. The van der Waals surface area contributed by atoms with E-state index in [-0.39, 0.29) is 12.0 Å². The van der Waals surface area contributed by atoms with Crippen LogP contribution in [-0.4, -0.2) is 31.3 Å². The van der Waals surface area contributed by atoms with E-state index in [1.807, 2.05) is 44.2 Å². The molecule has 0 spiro atoms. The average Bonchev–Trinajstić information content (AvgIpc) is 2.67. The number of fused-ring (bicyclic) bond motifs is 1. The predicted molar refractivity (Wildman–Crippen MR) is 110 cm³/mol. The maximum absolute atomic E-state index is 12.9. The monoisotopic (exact) mass is 425 g/mol. The van der Waals surface area contributed by atoms with Crippen molar-refractivity contribution < 1.29 is 23.4 Å². The first-order valence-electron chi connectivity index (χ1n) is 9.39. The van der Waals surface area contributed by atoms with Gasteiger partial charge >= 0.3 is 12.8 Å². The van der Waals surface area contributed by atoms with E-state index in [0.717, 1.165) is 10.8 Å². The van der Waals surface area contributed by atoms with Crippen LogP contribution in [0, 0.1) is 5.92 Å². The highest BCUT2D eigenvalue weighted by molar-refractivity contribution is 7.84. The number of hydrogen-bond acceptors (Lipinski definition) is 5. The Morgan fingerprint density at radius 2 is 1.86 bits per heavy atom. The average molecular weight is 426 g/mol. The third-order valence-corrected chi connectivity index (χ3v) is 6.15. The quantitative estimate of drug-likeness (QED) is 0.502. The summed E-state index contributed by atoms with van der Waals surface area (Å²) in [6, 6.07) is 12.1. The molecule has 0 amide bonds. The zero-order chi connectivity index (χ0) is 20.1. The van der Waals surface area contributed by atoms with Gasteiger partial charge in [0.05, 0.1) is 13.2 Å². The lowest BCUT2D eigenvalue weighted by molar-refractivity contribution is -0.156. The molecule has 6 nitrogen and oxygen atoms in total. The van der Waals surface area contributed by atoms with Gasteiger partial charge in [-0.15, -0.1) is 0 Å². The molecule has 1 fully saturated rings. The second-order valence-electron chi connectivity index (χ2n) is 7.15. The highest BCUT2D eigenvalue weighted by Crippen LogP contribution is 2.50. The van der Waals surface area contributed by atoms with Crippen molar-refractivity contribution in [2.24, 2.45) is 5.92 Å². The van der Waals surface area contributed by atoms with Gasteiger partial charge in [0.1, 0.15) is 17.9 Å². The van der Waals surface area contributed by atoms with Crippen LogP contribution < -0.4 is 9.61 Å².